The normalized spacial score (nSPS) is 12.3. The molecule has 0 atom stereocenters. The van der Waals surface area contributed by atoms with Gasteiger partial charge in [-0.1, -0.05) is 18.2 Å². The van der Waals surface area contributed by atoms with Crippen LogP contribution in [0.3, 0.4) is 0 Å². The van der Waals surface area contributed by atoms with E-state index in [0.29, 0.717) is 10.1 Å². The van der Waals surface area contributed by atoms with E-state index in [1.165, 1.54) is 17.4 Å². The fourth-order valence-corrected chi connectivity index (χ4v) is 4.21. The van der Waals surface area contributed by atoms with Crippen molar-refractivity contribution >= 4 is 41.5 Å². The first-order valence-corrected chi connectivity index (χ1v) is 7.50. The molecule has 0 fully saturated rings. The summed E-state index contributed by atoms with van der Waals surface area (Å²) in [4.78, 5) is -0.0290. The van der Waals surface area contributed by atoms with Gasteiger partial charge in [-0.15, -0.1) is 11.3 Å². The van der Waals surface area contributed by atoms with Crippen LogP contribution < -0.4 is 5.14 Å². The van der Waals surface area contributed by atoms with Crippen molar-refractivity contribution in [2.75, 3.05) is 0 Å². The summed E-state index contributed by atoms with van der Waals surface area (Å²) in [6.45, 7) is 0. The zero-order chi connectivity index (χ0) is 12.9. The minimum absolute atomic E-state index is 0.0290. The zero-order valence-corrected chi connectivity index (χ0v) is 10.8. The second-order valence-corrected chi connectivity index (χ2v) is 6.55. The lowest BCUT2D eigenvalue weighted by Gasteiger charge is -2.01. The minimum Gasteiger partial charge on any atom is -0.508 e. The molecule has 0 bridgehead atoms. The SMILES string of the molecule is NS(=O)(=O)c1cc(O)cc2c1sc1ccccc12. The summed E-state index contributed by atoms with van der Waals surface area (Å²) < 4.78 is 24.6. The van der Waals surface area contributed by atoms with Crippen molar-refractivity contribution in [3.05, 3.63) is 36.4 Å². The van der Waals surface area contributed by atoms with Crippen molar-refractivity contribution in [1.29, 1.82) is 0 Å². The molecular formula is C12H9NO3S2. The van der Waals surface area contributed by atoms with E-state index >= 15 is 0 Å². The molecule has 1 heterocycles. The molecule has 0 radical (unpaired) electrons. The molecule has 4 nitrogen and oxygen atoms in total. The first-order valence-electron chi connectivity index (χ1n) is 5.14. The monoisotopic (exact) mass is 279 g/mol. The fourth-order valence-electron chi connectivity index (χ4n) is 1.99. The van der Waals surface area contributed by atoms with Gasteiger partial charge in [-0.2, -0.15) is 0 Å². The van der Waals surface area contributed by atoms with E-state index < -0.39 is 10.0 Å². The zero-order valence-electron chi connectivity index (χ0n) is 9.12. The summed E-state index contributed by atoms with van der Waals surface area (Å²) in [5.41, 5.74) is 0. The van der Waals surface area contributed by atoms with Crippen LogP contribution in [0.15, 0.2) is 41.3 Å². The van der Waals surface area contributed by atoms with E-state index in [4.69, 9.17) is 5.14 Å². The van der Waals surface area contributed by atoms with Gasteiger partial charge in [0.1, 0.15) is 10.6 Å². The molecule has 0 amide bonds. The molecule has 1 aromatic heterocycles. The maximum Gasteiger partial charge on any atom is 0.239 e. The molecular weight excluding hydrogens is 270 g/mol. The van der Waals surface area contributed by atoms with Gasteiger partial charge in [0.2, 0.25) is 10.0 Å². The molecule has 3 aromatic rings. The van der Waals surface area contributed by atoms with Gasteiger partial charge in [0.05, 0.1) is 4.70 Å². The number of sulfonamides is 1. The number of nitrogens with two attached hydrogens (primary N) is 1. The van der Waals surface area contributed by atoms with Crippen LogP contribution in [-0.4, -0.2) is 13.5 Å². The third-order valence-electron chi connectivity index (χ3n) is 2.74. The van der Waals surface area contributed by atoms with Crippen LogP contribution in [0.25, 0.3) is 20.2 Å². The van der Waals surface area contributed by atoms with Gasteiger partial charge in [-0.25, -0.2) is 13.6 Å². The average Bonchev–Trinajstić information content (AvgIpc) is 2.65. The highest BCUT2D eigenvalue weighted by Crippen LogP contribution is 2.39. The quantitative estimate of drug-likeness (QED) is 0.717. The van der Waals surface area contributed by atoms with Crippen molar-refractivity contribution in [3.63, 3.8) is 0 Å². The van der Waals surface area contributed by atoms with Crippen LogP contribution in [0.5, 0.6) is 5.75 Å². The molecule has 0 saturated carbocycles. The molecule has 2 aromatic carbocycles. The van der Waals surface area contributed by atoms with E-state index in [1.807, 2.05) is 24.3 Å². The molecule has 92 valence electrons. The number of hydrogen-bond donors (Lipinski definition) is 2. The first kappa shape index (κ1) is 11.5. The number of primary sulfonamides is 1. The van der Waals surface area contributed by atoms with Crippen LogP contribution in [0.1, 0.15) is 0 Å². The molecule has 3 N–H and O–H groups in total. The number of phenols is 1. The Kier molecular flexibility index (Phi) is 2.34. The summed E-state index contributed by atoms with van der Waals surface area (Å²) in [5, 5.41) is 16.4. The summed E-state index contributed by atoms with van der Waals surface area (Å²) in [6, 6.07) is 10.3. The Balaban J connectivity index is 2.60. The molecule has 0 saturated heterocycles. The van der Waals surface area contributed by atoms with Crippen molar-refractivity contribution in [1.82, 2.24) is 0 Å². The minimum atomic E-state index is -3.85. The predicted octanol–water partition coefficient (Wildman–Crippen LogP) is 2.41. The van der Waals surface area contributed by atoms with Gasteiger partial charge in [0.15, 0.2) is 0 Å². The molecule has 3 rings (SSSR count). The van der Waals surface area contributed by atoms with E-state index in [2.05, 4.69) is 0 Å². The fraction of sp³-hybridized carbons (Fsp3) is 0. The van der Waals surface area contributed by atoms with Crippen LogP contribution >= 0.6 is 11.3 Å². The van der Waals surface area contributed by atoms with Gasteiger partial charge in [-0.3, -0.25) is 0 Å². The molecule has 18 heavy (non-hydrogen) atoms. The first-order chi connectivity index (χ1) is 8.47. The predicted molar refractivity (Wildman–Crippen MR) is 72.4 cm³/mol. The Morgan fingerprint density at radius 1 is 1.11 bits per heavy atom. The van der Waals surface area contributed by atoms with Gasteiger partial charge in [-0.05, 0) is 12.1 Å². The Morgan fingerprint density at radius 3 is 2.56 bits per heavy atom. The molecule has 0 aliphatic rings. The third kappa shape index (κ3) is 1.66. The summed E-state index contributed by atoms with van der Waals surface area (Å²) in [5.74, 6) is -0.102. The van der Waals surface area contributed by atoms with Crippen molar-refractivity contribution in [3.8, 4) is 5.75 Å². The number of phenolic OH excluding ortho intramolecular Hbond substituents is 1. The van der Waals surface area contributed by atoms with Crippen LogP contribution in [0, 0.1) is 0 Å². The van der Waals surface area contributed by atoms with Crippen molar-refractivity contribution < 1.29 is 13.5 Å². The van der Waals surface area contributed by atoms with Crippen molar-refractivity contribution in [2.45, 2.75) is 4.90 Å². The Hall–Kier alpha value is -1.63. The van der Waals surface area contributed by atoms with Gasteiger partial charge in [0.25, 0.3) is 0 Å². The van der Waals surface area contributed by atoms with Crippen LogP contribution in [0.2, 0.25) is 0 Å². The highest BCUT2D eigenvalue weighted by molar-refractivity contribution is 7.89. The lowest BCUT2D eigenvalue weighted by atomic mass is 10.1. The number of fused-ring (bicyclic) bond motifs is 3. The highest BCUT2D eigenvalue weighted by Gasteiger charge is 2.17. The topological polar surface area (TPSA) is 80.4 Å². The van der Waals surface area contributed by atoms with Gasteiger partial charge < -0.3 is 5.11 Å². The number of hydrogen-bond acceptors (Lipinski definition) is 4. The van der Waals surface area contributed by atoms with E-state index in [0.717, 1.165) is 10.1 Å². The largest absolute Gasteiger partial charge is 0.508 e. The van der Waals surface area contributed by atoms with Crippen LogP contribution in [-0.2, 0) is 10.0 Å². The van der Waals surface area contributed by atoms with E-state index in [1.54, 1.807) is 6.07 Å². The summed E-state index contributed by atoms with van der Waals surface area (Å²) in [7, 11) is -3.85. The Bertz CT molecular complexity index is 866. The number of benzene rings is 2. The van der Waals surface area contributed by atoms with Crippen LogP contribution in [0.4, 0.5) is 0 Å². The van der Waals surface area contributed by atoms with Crippen molar-refractivity contribution in [2.24, 2.45) is 5.14 Å². The molecule has 0 aliphatic carbocycles. The molecule has 0 unspecified atom stereocenters. The number of thiophene rings is 1. The number of aromatic hydroxyl groups is 1. The Labute approximate surface area is 107 Å². The maximum absolute atomic E-state index is 11.5. The molecule has 0 aliphatic heterocycles. The maximum atomic E-state index is 11.5. The number of rotatable bonds is 1. The lowest BCUT2D eigenvalue weighted by molar-refractivity contribution is 0.474. The second-order valence-electron chi connectivity index (χ2n) is 3.96. The lowest BCUT2D eigenvalue weighted by Crippen LogP contribution is -2.12. The third-order valence-corrected chi connectivity index (χ3v) is 5.02. The highest BCUT2D eigenvalue weighted by atomic mass is 32.2. The van der Waals surface area contributed by atoms with E-state index in [-0.39, 0.29) is 10.6 Å². The second kappa shape index (κ2) is 3.68. The van der Waals surface area contributed by atoms with E-state index in [9.17, 15) is 13.5 Å². The van der Waals surface area contributed by atoms with Gasteiger partial charge >= 0.3 is 0 Å². The van der Waals surface area contributed by atoms with Gasteiger partial charge in [0, 0.05) is 21.5 Å². The molecule has 0 spiro atoms. The molecule has 6 heteroatoms. The summed E-state index contributed by atoms with van der Waals surface area (Å²) in [6.07, 6.45) is 0. The summed E-state index contributed by atoms with van der Waals surface area (Å²) >= 11 is 1.35. The Morgan fingerprint density at radius 2 is 1.83 bits per heavy atom. The average molecular weight is 279 g/mol. The standard InChI is InChI=1S/C12H9NO3S2/c13-18(15,16)11-6-7(14)5-9-8-3-1-2-4-10(8)17-12(9)11/h1-6,14H,(H2,13,15,16). The smallest absolute Gasteiger partial charge is 0.239 e.